The molecule has 0 fully saturated rings. The van der Waals surface area contributed by atoms with Crippen molar-refractivity contribution in [3.63, 3.8) is 0 Å². The summed E-state index contributed by atoms with van der Waals surface area (Å²) >= 11 is 0. The molecule has 23 heavy (non-hydrogen) atoms. The lowest BCUT2D eigenvalue weighted by molar-refractivity contribution is -0.145. The maximum atomic E-state index is 12.6. The Bertz CT molecular complexity index is 595. The zero-order valence-electron chi connectivity index (χ0n) is 14.3. The molecule has 1 aromatic rings. The highest BCUT2D eigenvalue weighted by Crippen LogP contribution is 2.33. The average molecular weight is 320 g/mol. The summed E-state index contributed by atoms with van der Waals surface area (Å²) in [5, 5.41) is 2.83. The van der Waals surface area contributed by atoms with Gasteiger partial charge in [0, 0.05) is 12.6 Å². The lowest BCUT2D eigenvalue weighted by Crippen LogP contribution is -2.52. The molecule has 6 nitrogen and oxygen atoms in total. The number of likely N-dealkylation sites (N-methyl/N-ethyl adjacent to an activating group) is 1. The molecule has 0 aliphatic carbocycles. The predicted octanol–water partition coefficient (Wildman–Crippen LogP) is 1.59. The molecule has 0 saturated heterocycles. The predicted molar refractivity (Wildman–Crippen MR) is 86.5 cm³/mol. The van der Waals surface area contributed by atoms with Crippen molar-refractivity contribution in [3.8, 4) is 11.5 Å². The number of nitrogens with zero attached hydrogens (tertiary/aromatic N) is 1. The van der Waals surface area contributed by atoms with Crippen molar-refractivity contribution >= 4 is 11.8 Å². The molecule has 0 unspecified atom stereocenters. The molecule has 0 aromatic heterocycles. The topological polar surface area (TPSA) is 67.9 Å². The summed E-state index contributed by atoms with van der Waals surface area (Å²) in [5.74, 6) is 0.669. The second-order valence-electron chi connectivity index (χ2n) is 6.80. The first-order valence-electron chi connectivity index (χ1n) is 7.66. The SMILES string of the molecule is C[C@H]1Oc2ccccc2O[C@@H]1C(=O)N(C)CC(=O)NC(C)(C)C. The van der Waals surface area contributed by atoms with Crippen molar-refractivity contribution in [2.75, 3.05) is 13.6 Å². The Morgan fingerprint density at radius 2 is 1.74 bits per heavy atom. The van der Waals surface area contributed by atoms with Gasteiger partial charge in [0.25, 0.3) is 5.91 Å². The Morgan fingerprint density at radius 1 is 1.17 bits per heavy atom. The van der Waals surface area contributed by atoms with Crippen molar-refractivity contribution in [2.24, 2.45) is 0 Å². The maximum absolute atomic E-state index is 12.6. The van der Waals surface area contributed by atoms with Gasteiger partial charge in [0.1, 0.15) is 6.10 Å². The largest absolute Gasteiger partial charge is 0.482 e. The van der Waals surface area contributed by atoms with Gasteiger partial charge in [0.15, 0.2) is 11.5 Å². The van der Waals surface area contributed by atoms with E-state index in [1.807, 2.05) is 32.9 Å². The standard InChI is InChI=1S/C17H24N2O4/c1-11-15(23-13-9-7-6-8-12(13)22-11)16(21)19(5)10-14(20)18-17(2,3)4/h6-9,11,15H,10H2,1-5H3,(H,18,20)/t11-,15+/m1/s1. The Morgan fingerprint density at radius 3 is 2.30 bits per heavy atom. The molecular weight excluding hydrogens is 296 g/mol. The molecule has 2 rings (SSSR count). The van der Waals surface area contributed by atoms with Crippen molar-refractivity contribution in [2.45, 2.75) is 45.4 Å². The third kappa shape index (κ3) is 4.37. The number of ether oxygens (including phenoxy) is 2. The first-order valence-corrected chi connectivity index (χ1v) is 7.66. The molecule has 2 atom stereocenters. The molecule has 0 radical (unpaired) electrons. The minimum Gasteiger partial charge on any atom is -0.482 e. The molecule has 1 aliphatic rings. The highest BCUT2D eigenvalue weighted by Gasteiger charge is 2.36. The number of carbonyl (C=O) groups excluding carboxylic acids is 2. The van der Waals surface area contributed by atoms with E-state index in [-0.39, 0.29) is 23.9 Å². The number of benzene rings is 1. The van der Waals surface area contributed by atoms with Gasteiger partial charge in [-0.05, 0) is 39.8 Å². The van der Waals surface area contributed by atoms with E-state index in [2.05, 4.69) is 5.32 Å². The third-order valence-electron chi connectivity index (χ3n) is 3.36. The molecule has 0 spiro atoms. The molecule has 1 heterocycles. The zero-order chi connectivity index (χ0) is 17.2. The summed E-state index contributed by atoms with van der Waals surface area (Å²) in [7, 11) is 1.58. The normalized spacial score (nSPS) is 19.9. The van der Waals surface area contributed by atoms with Gasteiger partial charge in [-0.15, -0.1) is 0 Å². The molecule has 1 N–H and O–H groups in total. The van der Waals surface area contributed by atoms with Gasteiger partial charge in [-0.3, -0.25) is 9.59 Å². The molecule has 1 aliphatic heterocycles. The van der Waals surface area contributed by atoms with Crippen LogP contribution in [0.5, 0.6) is 11.5 Å². The van der Waals surface area contributed by atoms with E-state index in [0.29, 0.717) is 11.5 Å². The van der Waals surface area contributed by atoms with Crippen LogP contribution in [0.1, 0.15) is 27.7 Å². The van der Waals surface area contributed by atoms with E-state index < -0.39 is 12.2 Å². The first kappa shape index (κ1) is 17.1. The van der Waals surface area contributed by atoms with Crippen LogP contribution in [-0.2, 0) is 9.59 Å². The number of amides is 2. The van der Waals surface area contributed by atoms with Crippen molar-refractivity contribution in [3.05, 3.63) is 24.3 Å². The molecule has 2 amide bonds. The Kier molecular flexibility index (Phi) is 4.82. The van der Waals surface area contributed by atoms with Gasteiger partial charge in [0.05, 0.1) is 6.54 Å². The number of rotatable bonds is 3. The van der Waals surface area contributed by atoms with Gasteiger partial charge in [-0.25, -0.2) is 0 Å². The number of hydrogen-bond acceptors (Lipinski definition) is 4. The third-order valence-corrected chi connectivity index (χ3v) is 3.36. The Balaban J connectivity index is 2.01. The van der Waals surface area contributed by atoms with Crippen LogP contribution in [-0.4, -0.2) is 48.1 Å². The van der Waals surface area contributed by atoms with Crippen LogP contribution < -0.4 is 14.8 Å². The van der Waals surface area contributed by atoms with E-state index in [1.165, 1.54) is 4.90 Å². The smallest absolute Gasteiger partial charge is 0.267 e. The lowest BCUT2D eigenvalue weighted by atomic mass is 10.1. The monoisotopic (exact) mass is 320 g/mol. The van der Waals surface area contributed by atoms with Gasteiger partial charge >= 0.3 is 0 Å². The summed E-state index contributed by atoms with van der Waals surface area (Å²) in [6.45, 7) is 7.43. The average Bonchev–Trinajstić information content (AvgIpc) is 2.43. The fraction of sp³-hybridized carbons (Fsp3) is 0.529. The minimum absolute atomic E-state index is 0.0235. The van der Waals surface area contributed by atoms with Crippen molar-refractivity contribution in [1.82, 2.24) is 10.2 Å². The number of para-hydroxylation sites is 2. The van der Waals surface area contributed by atoms with Crippen molar-refractivity contribution in [1.29, 1.82) is 0 Å². The van der Waals surface area contributed by atoms with E-state index in [1.54, 1.807) is 26.1 Å². The highest BCUT2D eigenvalue weighted by molar-refractivity contribution is 5.87. The van der Waals surface area contributed by atoms with Gasteiger partial charge in [-0.1, -0.05) is 12.1 Å². The first-order chi connectivity index (χ1) is 10.7. The zero-order valence-corrected chi connectivity index (χ0v) is 14.3. The van der Waals surface area contributed by atoms with Gasteiger partial charge < -0.3 is 19.7 Å². The maximum Gasteiger partial charge on any atom is 0.267 e. The Labute approximate surface area is 136 Å². The molecule has 126 valence electrons. The van der Waals surface area contributed by atoms with Crippen LogP contribution in [0.15, 0.2) is 24.3 Å². The summed E-state index contributed by atoms with van der Waals surface area (Å²) in [6, 6.07) is 7.22. The fourth-order valence-electron chi connectivity index (χ4n) is 2.36. The van der Waals surface area contributed by atoms with Crippen molar-refractivity contribution < 1.29 is 19.1 Å². The summed E-state index contributed by atoms with van der Waals surface area (Å²) < 4.78 is 11.5. The molecule has 1 aromatic carbocycles. The summed E-state index contributed by atoms with van der Waals surface area (Å²) in [6.07, 6.45) is -1.19. The van der Waals surface area contributed by atoms with E-state index in [0.717, 1.165) is 0 Å². The van der Waals surface area contributed by atoms with Gasteiger partial charge in [-0.2, -0.15) is 0 Å². The van der Waals surface area contributed by atoms with Gasteiger partial charge in [0.2, 0.25) is 12.0 Å². The molecule has 0 saturated carbocycles. The fourth-order valence-corrected chi connectivity index (χ4v) is 2.36. The summed E-state index contributed by atoms with van der Waals surface area (Å²) in [4.78, 5) is 25.9. The number of hydrogen-bond donors (Lipinski definition) is 1. The van der Waals surface area contributed by atoms with Crippen LogP contribution in [0.2, 0.25) is 0 Å². The van der Waals surface area contributed by atoms with E-state index in [9.17, 15) is 9.59 Å². The highest BCUT2D eigenvalue weighted by atomic mass is 16.6. The van der Waals surface area contributed by atoms with Crippen LogP contribution in [0.3, 0.4) is 0 Å². The van der Waals surface area contributed by atoms with E-state index >= 15 is 0 Å². The second-order valence-corrected chi connectivity index (χ2v) is 6.80. The van der Waals surface area contributed by atoms with Crippen LogP contribution >= 0.6 is 0 Å². The Hall–Kier alpha value is -2.24. The van der Waals surface area contributed by atoms with Crippen LogP contribution in [0.4, 0.5) is 0 Å². The minimum atomic E-state index is -0.766. The lowest BCUT2D eigenvalue weighted by Gasteiger charge is -2.33. The molecule has 6 heteroatoms. The second kappa shape index (κ2) is 6.48. The molecule has 0 bridgehead atoms. The quantitative estimate of drug-likeness (QED) is 0.918. The van der Waals surface area contributed by atoms with E-state index in [4.69, 9.17) is 9.47 Å². The summed E-state index contributed by atoms with van der Waals surface area (Å²) in [5.41, 5.74) is -0.336. The molecular formula is C17H24N2O4. The number of nitrogens with one attached hydrogen (secondary N) is 1. The van der Waals surface area contributed by atoms with Crippen LogP contribution in [0, 0.1) is 0 Å². The number of carbonyl (C=O) groups is 2. The van der Waals surface area contributed by atoms with Crippen LogP contribution in [0.25, 0.3) is 0 Å². The number of fused-ring (bicyclic) bond motifs is 1.